The molecule has 0 unspecified atom stereocenters. The first-order valence-corrected chi connectivity index (χ1v) is 36.0. The van der Waals surface area contributed by atoms with E-state index in [1.807, 2.05) is 340 Å². The number of carbonyl (C=O) groups is 4. The van der Waals surface area contributed by atoms with Crippen LogP contribution in [0.5, 0.6) is 0 Å². The quantitative estimate of drug-likeness (QED) is 0.0699. The van der Waals surface area contributed by atoms with Gasteiger partial charge in [0.15, 0.2) is 0 Å². The second kappa shape index (κ2) is 30.6. The average Bonchev–Trinajstić information content (AvgIpc) is 1.52. The zero-order valence-corrected chi connectivity index (χ0v) is 64.4. The minimum atomic E-state index is -0.948. The summed E-state index contributed by atoms with van der Waals surface area (Å²) in [6.07, 6.45) is 2.24. The number of hydrogen-bond acceptors (Lipinski definition) is 4. The molecule has 16 rings (SSSR count). The Balaban J connectivity index is 0.000000136. The fraction of sp³-hybridized carbons (Fsp3) is 0.136. The minimum absolute atomic E-state index is 0. The summed E-state index contributed by atoms with van der Waals surface area (Å²) in [7, 11) is 0. The van der Waals surface area contributed by atoms with E-state index in [0.717, 1.165) is 84.7 Å². The Morgan fingerprint density at radius 1 is 0.196 bits per heavy atom. The molecule has 0 aliphatic heterocycles. The molecular weight excluding hydrogens is 1710 g/mol. The standard InChI is InChI=1S/4C22H17BrO2.2Rh/c4*23-19-13-11-18(12-14-19)22(20(24)25)15-21(22,16-7-3-1-4-8-16)17-9-5-2-6-10-17;;/h4*1-14H,15H2,(H,24,25);;/t4*22-;;/m0000../s1. The van der Waals surface area contributed by atoms with Crippen molar-refractivity contribution in [2.75, 3.05) is 0 Å². The Hall–Kier alpha value is -8.31. The van der Waals surface area contributed by atoms with Crippen molar-refractivity contribution in [1.29, 1.82) is 0 Å². The maximum absolute atomic E-state index is 12.5. The third-order valence-electron chi connectivity index (χ3n) is 21.5. The van der Waals surface area contributed by atoms with Crippen LogP contribution >= 0.6 is 63.7 Å². The van der Waals surface area contributed by atoms with Crippen LogP contribution in [0.4, 0.5) is 0 Å². The van der Waals surface area contributed by atoms with E-state index in [1.165, 1.54) is 0 Å². The van der Waals surface area contributed by atoms with Crippen molar-refractivity contribution in [3.63, 3.8) is 0 Å². The van der Waals surface area contributed by atoms with E-state index < -0.39 is 67.2 Å². The Kier molecular flexibility index (Phi) is 22.4. The number of rotatable bonds is 16. The fourth-order valence-electron chi connectivity index (χ4n) is 16.5. The predicted molar refractivity (Wildman–Crippen MR) is 407 cm³/mol. The van der Waals surface area contributed by atoms with Crippen molar-refractivity contribution in [3.05, 3.63) is 424 Å². The van der Waals surface area contributed by atoms with Crippen LogP contribution in [0.15, 0.2) is 358 Å². The second-order valence-corrected chi connectivity index (χ2v) is 29.8. The summed E-state index contributed by atoms with van der Waals surface area (Å²) in [5.41, 5.74) is 5.78. The van der Waals surface area contributed by atoms with Gasteiger partial charge in [-0.1, -0.05) is 355 Å². The summed E-state index contributed by atoms with van der Waals surface area (Å²) < 4.78 is 3.79. The summed E-state index contributed by atoms with van der Waals surface area (Å²) in [5.74, 6) is -3.10. The van der Waals surface area contributed by atoms with E-state index in [1.54, 1.807) is 0 Å². The second-order valence-electron chi connectivity index (χ2n) is 26.1. The SMILES string of the molecule is O=C(O)[C@@]1(c2ccc(Br)cc2)CC1(c1ccccc1)c1ccccc1.O=C(O)[C@@]1(c2ccc(Br)cc2)CC1(c1ccccc1)c1ccccc1.O=C(O)[C@@]1(c2ccc(Br)cc2)CC1(c1ccccc1)c1ccccc1.O=C(O)[C@@]1(c2ccc(Br)cc2)CC1(c1ccccc1)c1ccccc1.[Rh].[Rh]. The van der Waals surface area contributed by atoms with E-state index >= 15 is 0 Å². The molecule has 4 aliphatic carbocycles. The number of carboxylic acids is 4. The van der Waals surface area contributed by atoms with Gasteiger partial charge in [-0.25, -0.2) is 0 Å². The molecule has 0 saturated heterocycles. The summed E-state index contributed by atoms with van der Waals surface area (Å²) in [6, 6.07) is 111. The van der Waals surface area contributed by atoms with Crippen molar-refractivity contribution in [2.24, 2.45) is 0 Å². The van der Waals surface area contributed by atoms with Gasteiger partial charge in [0.1, 0.15) is 21.7 Å². The Morgan fingerprint density at radius 2 is 0.314 bits per heavy atom. The molecular formula is C88H68Br4O8Rh2. The molecule has 4 fully saturated rings. The van der Waals surface area contributed by atoms with Crippen LogP contribution < -0.4 is 0 Å². The van der Waals surface area contributed by atoms with Crippen LogP contribution in [0.1, 0.15) is 92.4 Å². The van der Waals surface area contributed by atoms with Gasteiger partial charge in [-0.2, -0.15) is 0 Å². The predicted octanol–water partition coefficient (Wildman–Crippen LogP) is 20.6. The normalized spacial score (nSPS) is 20.4. The average molecular weight is 1780 g/mol. The molecule has 0 amide bonds. The number of aliphatic carboxylic acids is 4. The molecule has 2 radical (unpaired) electrons. The van der Waals surface area contributed by atoms with Gasteiger partial charge in [0, 0.05) is 78.5 Å². The van der Waals surface area contributed by atoms with Gasteiger partial charge in [-0.05, 0) is 141 Å². The number of hydrogen-bond donors (Lipinski definition) is 4. The van der Waals surface area contributed by atoms with E-state index in [-0.39, 0.29) is 39.0 Å². The van der Waals surface area contributed by atoms with Gasteiger partial charge in [0.05, 0.1) is 0 Å². The zero-order valence-electron chi connectivity index (χ0n) is 54.8. The van der Waals surface area contributed by atoms with E-state index in [4.69, 9.17) is 0 Å². The molecule has 12 aromatic rings. The largest absolute Gasteiger partial charge is 0.481 e. The third-order valence-corrected chi connectivity index (χ3v) is 23.6. The topological polar surface area (TPSA) is 149 Å². The first kappa shape index (κ1) is 74.9. The Morgan fingerprint density at radius 3 is 0.422 bits per heavy atom. The molecule has 514 valence electrons. The summed E-state index contributed by atoms with van der Waals surface area (Å²) in [4.78, 5) is 50.1. The molecule has 4 aliphatic rings. The zero-order chi connectivity index (χ0) is 70.0. The van der Waals surface area contributed by atoms with Gasteiger partial charge < -0.3 is 20.4 Å². The molecule has 8 nitrogen and oxygen atoms in total. The number of carboxylic acid groups (broad SMARTS) is 4. The summed E-state index contributed by atoms with van der Waals surface area (Å²) in [6.45, 7) is 0. The minimum Gasteiger partial charge on any atom is -0.481 e. The smallest absolute Gasteiger partial charge is 0.315 e. The maximum Gasteiger partial charge on any atom is 0.315 e. The molecule has 0 aromatic heterocycles. The first-order chi connectivity index (χ1) is 48.4. The molecule has 4 saturated carbocycles. The van der Waals surface area contributed by atoms with Crippen LogP contribution in [-0.2, 0) is 101 Å². The van der Waals surface area contributed by atoms with E-state index in [9.17, 15) is 39.6 Å². The number of halogens is 4. The molecule has 4 atom stereocenters. The van der Waals surface area contributed by atoms with Crippen molar-refractivity contribution in [1.82, 2.24) is 0 Å². The van der Waals surface area contributed by atoms with Crippen LogP contribution in [0.2, 0.25) is 0 Å². The van der Waals surface area contributed by atoms with Crippen LogP contribution in [0.25, 0.3) is 0 Å². The maximum atomic E-state index is 12.5. The van der Waals surface area contributed by atoms with Gasteiger partial charge in [-0.3, -0.25) is 19.2 Å². The molecule has 14 heteroatoms. The van der Waals surface area contributed by atoms with Crippen molar-refractivity contribution in [3.8, 4) is 0 Å². The molecule has 0 heterocycles. The van der Waals surface area contributed by atoms with Crippen LogP contribution in [0, 0.1) is 0 Å². The van der Waals surface area contributed by atoms with E-state index in [0.29, 0.717) is 25.7 Å². The molecule has 0 spiro atoms. The summed E-state index contributed by atoms with van der Waals surface area (Å²) >= 11 is 13.8. The van der Waals surface area contributed by atoms with Gasteiger partial charge >= 0.3 is 23.9 Å². The van der Waals surface area contributed by atoms with E-state index in [2.05, 4.69) is 63.7 Å². The van der Waals surface area contributed by atoms with Gasteiger partial charge in [0.25, 0.3) is 0 Å². The molecule has 4 N–H and O–H groups in total. The van der Waals surface area contributed by atoms with Gasteiger partial charge in [-0.15, -0.1) is 0 Å². The molecule has 102 heavy (non-hydrogen) atoms. The summed E-state index contributed by atoms with van der Waals surface area (Å²) in [5, 5.41) is 41.1. The van der Waals surface area contributed by atoms with Crippen molar-refractivity contribution < 1.29 is 78.6 Å². The van der Waals surface area contributed by atoms with Crippen LogP contribution in [-0.4, -0.2) is 44.3 Å². The number of benzene rings is 12. The third kappa shape index (κ3) is 12.7. The molecule has 0 bridgehead atoms. The van der Waals surface area contributed by atoms with Crippen LogP contribution in [0.3, 0.4) is 0 Å². The Bertz CT molecular complexity index is 4100. The monoisotopic (exact) mass is 1770 g/mol. The van der Waals surface area contributed by atoms with Crippen molar-refractivity contribution in [2.45, 2.75) is 69.0 Å². The van der Waals surface area contributed by atoms with Gasteiger partial charge in [0.2, 0.25) is 0 Å². The van der Waals surface area contributed by atoms with Crippen molar-refractivity contribution >= 4 is 87.6 Å². The fourth-order valence-corrected chi connectivity index (χ4v) is 17.6. The Labute approximate surface area is 653 Å². The molecule has 12 aromatic carbocycles. The first-order valence-electron chi connectivity index (χ1n) is 32.9.